The number of aryl methyl sites for hydroxylation is 2. The zero-order valence-corrected chi connectivity index (χ0v) is 14.7. The Balaban J connectivity index is 2.11. The quantitative estimate of drug-likeness (QED) is 0.882. The van der Waals surface area contributed by atoms with Crippen LogP contribution in [0.3, 0.4) is 0 Å². The maximum Gasteiger partial charge on any atom is 0.230 e. The van der Waals surface area contributed by atoms with Gasteiger partial charge in [0.15, 0.2) is 0 Å². The molecule has 2 aromatic rings. The first-order valence-corrected chi connectivity index (χ1v) is 7.88. The molecule has 0 saturated heterocycles. The molecular weight excluding hydrogens is 309 g/mol. The van der Waals surface area contributed by atoms with Crippen molar-refractivity contribution in [3.8, 4) is 0 Å². The molecule has 5 heteroatoms. The van der Waals surface area contributed by atoms with Crippen molar-refractivity contribution in [3.05, 3.63) is 58.8 Å². The molecule has 0 saturated carbocycles. The largest absolute Gasteiger partial charge is 0.466 e. The van der Waals surface area contributed by atoms with E-state index in [9.17, 15) is 14.3 Å². The second-order valence-corrected chi connectivity index (χ2v) is 6.92. The van der Waals surface area contributed by atoms with Gasteiger partial charge in [0.2, 0.25) is 5.91 Å². The summed E-state index contributed by atoms with van der Waals surface area (Å²) >= 11 is 0. The molecule has 1 aromatic heterocycles. The average molecular weight is 333 g/mol. The number of benzene rings is 1. The highest BCUT2D eigenvalue weighted by atomic mass is 19.1. The lowest BCUT2D eigenvalue weighted by atomic mass is 9.83. The molecule has 0 bridgehead atoms. The van der Waals surface area contributed by atoms with Gasteiger partial charge < -0.3 is 14.8 Å². The zero-order chi connectivity index (χ0) is 18.1. The molecular formula is C19H24FNO3. The molecule has 4 nitrogen and oxygen atoms in total. The number of hydrogen-bond acceptors (Lipinski definition) is 3. The first-order valence-electron chi connectivity index (χ1n) is 7.88. The Morgan fingerprint density at radius 3 is 2.29 bits per heavy atom. The summed E-state index contributed by atoms with van der Waals surface area (Å²) < 4.78 is 18.5. The predicted molar refractivity (Wildman–Crippen MR) is 90.2 cm³/mol. The van der Waals surface area contributed by atoms with Crippen LogP contribution in [-0.4, -0.2) is 17.6 Å². The summed E-state index contributed by atoms with van der Waals surface area (Å²) in [5.74, 6) is 0.751. The fraction of sp³-hybridized carbons (Fsp3) is 0.421. The topological polar surface area (TPSA) is 62.5 Å². The number of rotatable bonds is 5. The van der Waals surface area contributed by atoms with Gasteiger partial charge in [-0.05, 0) is 58.4 Å². The minimum absolute atomic E-state index is 0.0519. The van der Waals surface area contributed by atoms with Crippen LogP contribution in [0.1, 0.15) is 43.4 Å². The normalized spacial score (nSPS) is 14.3. The van der Waals surface area contributed by atoms with Crippen LogP contribution >= 0.6 is 0 Å². The fourth-order valence-electron chi connectivity index (χ4n) is 2.73. The average Bonchev–Trinajstić information content (AvgIpc) is 2.85. The molecule has 0 spiro atoms. The van der Waals surface area contributed by atoms with Gasteiger partial charge in [-0.15, -0.1) is 0 Å². The van der Waals surface area contributed by atoms with E-state index in [4.69, 9.17) is 4.42 Å². The Morgan fingerprint density at radius 1 is 1.21 bits per heavy atom. The minimum atomic E-state index is -1.24. The highest BCUT2D eigenvalue weighted by Gasteiger charge is 2.33. The number of furan rings is 1. The Hall–Kier alpha value is -2.14. The van der Waals surface area contributed by atoms with Crippen LogP contribution in [0.2, 0.25) is 0 Å². The fourth-order valence-corrected chi connectivity index (χ4v) is 2.73. The number of carbonyl (C=O) groups is 1. The van der Waals surface area contributed by atoms with Crippen molar-refractivity contribution in [2.45, 2.75) is 45.6 Å². The minimum Gasteiger partial charge on any atom is -0.466 e. The Bertz CT molecular complexity index is 730. The third-order valence-electron chi connectivity index (χ3n) is 4.35. The molecule has 1 aromatic carbocycles. The molecule has 0 aliphatic rings. The highest BCUT2D eigenvalue weighted by molar-refractivity contribution is 5.87. The number of carbonyl (C=O) groups excluding carboxylic acids is 1. The van der Waals surface area contributed by atoms with Gasteiger partial charge >= 0.3 is 0 Å². The highest BCUT2D eigenvalue weighted by Crippen LogP contribution is 2.28. The Labute approximate surface area is 141 Å². The molecule has 2 rings (SSSR count). The van der Waals surface area contributed by atoms with Crippen molar-refractivity contribution in [3.63, 3.8) is 0 Å². The third-order valence-corrected chi connectivity index (χ3v) is 4.35. The molecule has 0 aliphatic carbocycles. The van der Waals surface area contributed by atoms with E-state index in [-0.39, 0.29) is 18.3 Å². The van der Waals surface area contributed by atoms with Crippen LogP contribution in [0, 0.1) is 19.7 Å². The van der Waals surface area contributed by atoms with Gasteiger partial charge in [0.05, 0.1) is 12.0 Å². The van der Waals surface area contributed by atoms with Crippen LogP contribution in [-0.2, 0) is 15.8 Å². The monoisotopic (exact) mass is 333 g/mol. The molecule has 24 heavy (non-hydrogen) atoms. The first-order chi connectivity index (χ1) is 11.0. The van der Waals surface area contributed by atoms with E-state index in [1.54, 1.807) is 45.9 Å². The summed E-state index contributed by atoms with van der Waals surface area (Å²) in [7, 11) is 0. The zero-order valence-electron chi connectivity index (χ0n) is 14.7. The summed E-state index contributed by atoms with van der Waals surface area (Å²) in [4.78, 5) is 12.6. The first kappa shape index (κ1) is 18.2. The van der Waals surface area contributed by atoms with Gasteiger partial charge in [-0.25, -0.2) is 4.39 Å². The summed E-state index contributed by atoms with van der Waals surface area (Å²) in [5.41, 5.74) is -0.724. The number of halogens is 1. The molecule has 130 valence electrons. The molecule has 1 heterocycles. The third kappa shape index (κ3) is 3.67. The van der Waals surface area contributed by atoms with Gasteiger partial charge in [-0.1, -0.05) is 12.1 Å². The second-order valence-electron chi connectivity index (χ2n) is 6.92. The van der Waals surface area contributed by atoms with Crippen LogP contribution in [0.4, 0.5) is 4.39 Å². The lowest BCUT2D eigenvalue weighted by molar-refractivity contribution is -0.126. The molecule has 0 fully saturated rings. The smallest absolute Gasteiger partial charge is 0.230 e. The SMILES string of the molecule is Cc1cc(C(C)(O)CNC(=O)C(C)(C)c2ccc(F)cc2)c(C)o1. The summed E-state index contributed by atoms with van der Waals surface area (Å²) in [5, 5.41) is 13.5. The Kier molecular flexibility index (Phi) is 4.85. The standard InChI is InChI=1S/C19H24FNO3/c1-12-10-16(13(2)24-12)19(5,23)11-21-17(22)18(3,4)14-6-8-15(20)9-7-14/h6-10,23H,11H2,1-5H3,(H,21,22). The van der Waals surface area contributed by atoms with E-state index in [1.165, 1.54) is 12.1 Å². The molecule has 2 N–H and O–H groups in total. The molecule has 1 amide bonds. The molecule has 1 unspecified atom stereocenters. The summed E-state index contributed by atoms with van der Waals surface area (Å²) in [6.45, 7) is 8.80. The summed E-state index contributed by atoms with van der Waals surface area (Å²) in [6, 6.07) is 7.62. The summed E-state index contributed by atoms with van der Waals surface area (Å²) in [6.07, 6.45) is 0. The van der Waals surface area contributed by atoms with E-state index in [0.29, 0.717) is 22.6 Å². The number of aliphatic hydroxyl groups is 1. The van der Waals surface area contributed by atoms with Crippen molar-refractivity contribution >= 4 is 5.91 Å². The maximum atomic E-state index is 13.1. The van der Waals surface area contributed by atoms with Crippen molar-refractivity contribution in [2.75, 3.05) is 6.54 Å². The van der Waals surface area contributed by atoms with Gasteiger partial charge in [-0.3, -0.25) is 4.79 Å². The molecule has 0 radical (unpaired) electrons. The van der Waals surface area contributed by atoms with Crippen LogP contribution in [0.5, 0.6) is 0 Å². The Morgan fingerprint density at radius 2 is 1.79 bits per heavy atom. The van der Waals surface area contributed by atoms with Crippen LogP contribution in [0.25, 0.3) is 0 Å². The van der Waals surface area contributed by atoms with E-state index in [1.807, 2.05) is 6.92 Å². The van der Waals surface area contributed by atoms with E-state index >= 15 is 0 Å². The van der Waals surface area contributed by atoms with Gasteiger partial charge in [0.1, 0.15) is 22.9 Å². The number of hydrogen-bond donors (Lipinski definition) is 2. The van der Waals surface area contributed by atoms with Crippen molar-refractivity contribution in [1.82, 2.24) is 5.32 Å². The molecule has 1 atom stereocenters. The van der Waals surface area contributed by atoms with Gasteiger partial charge in [0.25, 0.3) is 0 Å². The van der Waals surface area contributed by atoms with E-state index in [0.717, 1.165) is 0 Å². The number of amides is 1. The lowest BCUT2D eigenvalue weighted by Gasteiger charge is -2.28. The second kappa shape index (κ2) is 6.40. The van der Waals surface area contributed by atoms with Crippen LogP contribution < -0.4 is 5.32 Å². The van der Waals surface area contributed by atoms with E-state index in [2.05, 4.69) is 5.32 Å². The van der Waals surface area contributed by atoms with Crippen molar-refractivity contribution < 1.29 is 18.7 Å². The van der Waals surface area contributed by atoms with Gasteiger partial charge in [-0.2, -0.15) is 0 Å². The lowest BCUT2D eigenvalue weighted by Crippen LogP contribution is -2.46. The van der Waals surface area contributed by atoms with Crippen molar-refractivity contribution in [1.29, 1.82) is 0 Å². The predicted octanol–water partition coefficient (Wildman–Crippen LogP) is 3.34. The van der Waals surface area contributed by atoms with Crippen LogP contribution in [0.15, 0.2) is 34.7 Å². The number of nitrogens with one attached hydrogen (secondary N) is 1. The van der Waals surface area contributed by atoms with Crippen molar-refractivity contribution in [2.24, 2.45) is 0 Å². The maximum absolute atomic E-state index is 13.1. The van der Waals surface area contributed by atoms with Gasteiger partial charge in [0, 0.05) is 5.56 Å². The van der Waals surface area contributed by atoms with E-state index < -0.39 is 11.0 Å². The molecule has 0 aliphatic heterocycles.